The molecule has 0 aliphatic carbocycles. The average molecular weight is 210 g/mol. The van der Waals surface area contributed by atoms with E-state index in [1.165, 1.54) is 0 Å². The van der Waals surface area contributed by atoms with Gasteiger partial charge in [0.15, 0.2) is 6.10 Å². The maximum absolute atomic E-state index is 9.46. The monoisotopic (exact) mass is 210 g/mol. The van der Waals surface area contributed by atoms with Gasteiger partial charge in [-0.15, -0.1) is 0 Å². The molecule has 1 heterocycles. The Balaban J connectivity index is 2.84. The second kappa shape index (κ2) is 4.07. The molecule has 1 rings (SSSR count). The van der Waals surface area contributed by atoms with Gasteiger partial charge in [0.1, 0.15) is 18.3 Å². The quantitative estimate of drug-likeness (QED) is 0.304. The fourth-order valence-electron chi connectivity index (χ4n) is 1.29. The van der Waals surface area contributed by atoms with Gasteiger partial charge < -0.3 is 35.0 Å². The number of hydrogen-bond donors (Lipinski definition) is 5. The van der Waals surface area contributed by atoms with Crippen molar-refractivity contribution >= 4 is 0 Å². The zero-order valence-corrected chi connectivity index (χ0v) is 7.57. The van der Waals surface area contributed by atoms with Gasteiger partial charge in [0.25, 0.3) is 0 Å². The van der Waals surface area contributed by atoms with E-state index in [-0.39, 0.29) is 0 Å². The fourth-order valence-corrected chi connectivity index (χ4v) is 1.29. The Labute approximate surface area is 80.1 Å². The summed E-state index contributed by atoms with van der Waals surface area (Å²) in [6.07, 6.45) is -6.14. The van der Waals surface area contributed by atoms with E-state index in [0.717, 1.165) is 7.11 Å². The highest BCUT2D eigenvalue weighted by Gasteiger charge is 2.53. The average Bonchev–Trinajstić information content (AvgIpc) is 2.20. The summed E-state index contributed by atoms with van der Waals surface area (Å²) in [4.78, 5) is 0. The maximum Gasteiger partial charge on any atom is 0.311 e. The molecule has 5 atom stereocenters. The van der Waals surface area contributed by atoms with Crippen molar-refractivity contribution in [1.29, 1.82) is 0 Å². The molecule has 0 bridgehead atoms. The van der Waals surface area contributed by atoms with Crippen LogP contribution in [-0.4, -0.2) is 69.6 Å². The van der Waals surface area contributed by atoms with Crippen molar-refractivity contribution in [1.82, 2.24) is 0 Å². The van der Waals surface area contributed by atoms with Crippen molar-refractivity contribution in [3.63, 3.8) is 0 Å². The third kappa shape index (κ3) is 1.75. The molecule has 0 aromatic carbocycles. The lowest BCUT2D eigenvalue weighted by atomic mass is 9.98. The first-order valence-corrected chi connectivity index (χ1v) is 4.06. The van der Waals surface area contributed by atoms with Gasteiger partial charge in [-0.05, 0) is 0 Å². The summed E-state index contributed by atoms with van der Waals surface area (Å²) in [6.45, 7) is -0.614. The summed E-state index contributed by atoms with van der Waals surface area (Å²) < 4.78 is 9.13. The lowest BCUT2D eigenvalue weighted by molar-refractivity contribution is -0.442. The minimum Gasteiger partial charge on any atom is -0.394 e. The van der Waals surface area contributed by atoms with E-state index in [1.54, 1.807) is 0 Å². The number of rotatable bonds is 2. The fraction of sp³-hybridized carbons (Fsp3) is 1.00. The molecule has 0 aromatic heterocycles. The van der Waals surface area contributed by atoms with E-state index in [9.17, 15) is 20.4 Å². The Morgan fingerprint density at radius 1 is 1.29 bits per heavy atom. The van der Waals surface area contributed by atoms with Gasteiger partial charge in [-0.2, -0.15) is 0 Å². The highest BCUT2D eigenvalue weighted by atomic mass is 16.8. The largest absolute Gasteiger partial charge is 0.394 e. The molecule has 1 aliphatic rings. The summed E-state index contributed by atoms with van der Waals surface area (Å²) >= 11 is 0. The van der Waals surface area contributed by atoms with E-state index in [0.29, 0.717) is 0 Å². The van der Waals surface area contributed by atoms with Gasteiger partial charge in [-0.1, -0.05) is 0 Å². The summed E-state index contributed by atoms with van der Waals surface area (Å²) in [5.41, 5.74) is 0. The van der Waals surface area contributed by atoms with E-state index in [4.69, 9.17) is 9.84 Å². The van der Waals surface area contributed by atoms with Crippen molar-refractivity contribution in [3.8, 4) is 0 Å². The molecule has 0 aromatic rings. The third-order valence-corrected chi connectivity index (χ3v) is 2.22. The summed E-state index contributed by atoms with van der Waals surface area (Å²) in [5, 5.41) is 46.1. The molecule has 0 saturated carbocycles. The topological polar surface area (TPSA) is 120 Å². The Morgan fingerprint density at radius 3 is 2.29 bits per heavy atom. The van der Waals surface area contributed by atoms with Crippen LogP contribution < -0.4 is 0 Å². The molecule has 0 amide bonds. The Morgan fingerprint density at radius 2 is 1.86 bits per heavy atom. The minimum atomic E-state index is -2.41. The van der Waals surface area contributed by atoms with Crippen LogP contribution in [0.2, 0.25) is 0 Å². The van der Waals surface area contributed by atoms with Gasteiger partial charge in [-0.25, -0.2) is 0 Å². The minimum absolute atomic E-state index is 0.614. The van der Waals surface area contributed by atoms with Crippen LogP contribution in [0.3, 0.4) is 0 Å². The van der Waals surface area contributed by atoms with Crippen LogP contribution in [0.5, 0.6) is 0 Å². The van der Waals surface area contributed by atoms with Crippen molar-refractivity contribution in [2.75, 3.05) is 13.7 Å². The third-order valence-electron chi connectivity index (χ3n) is 2.22. The van der Waals surface area contributed by atoms with Crippen LogP contribution in [0.15, 0.2) is 0 Å². The predicted molar refractivity (Wildman–Crippen MR) is 41.9 cm³/mol. The lowest BCUT2D eigenvalue weighted by Crippen LogP contribution is -2.65. The van der Waals surface area contributed by atoms with Gasteiger partial charge in [0.2, 0.25) is 0 Å². The molecular formula is C7H14O7. The van der Waals surface area contributed by atoms with Crippen LogP contribution in [-0.2, 0) is 9.47 Å². The Kier molecular flexibility index (Phi) is 3.43. The molecule has 1 aliphatic heterocycles. The maximum atomic E-state index is 9.46. The molecule has 7 nitrogen and oxygen atoms in total. The molecule has 84 valence electrons. The van der Waals surface area contributed by atoms with Gasteiger partial charge in [0, 0.05) is 7.11 Å². The number of hydrogen-bond acceptors (Lipinski definition) is 7. The second-order valence-corrected chi connectivity index (χ2v) is 3.10. The van der Waals surface area contributed by atoms with Gasteiger partial charge in [0.05, 0.1) is 6.61 Å². The van der Waals surface area contributed by atoms with Crippen LogP contribution in [0, 0.1) is 0 Å². The van der Waals surface area contributed by atoms with E-state index < -0.39 is 37.0 Å². The number of ether oxygens (including phenoxy) is 2. The molecule has 0 unspecified atom stereocenters. The van der Waals surface area contributed by atoms with Crippen LogP contribution >= 0.6 is 0 Å². The van der Waals surface area contributed by atoms with Gasteiger partial charge >= 0.3 is 5.97 Å². The summed E-state index contributed by atoms with van der Waals surface area (Å²) in [6, 6.07) is 0. The van der Waals surface area contributed by atoms with E-state index >= 15 is 0 Å². The van der Waals surface area contributed by atoms with Crippen molar-refractivity contribution < 1.29 is 35.0 Å². The predicted octanol–water partition coefficient (Wildman–Crippen LogP) is -3.25. The molecule has 14 heavy (non-hydrogen) atoms. The van der Waals surface area contributed by atoms with E-state index in [1.807, 2.05) is 0 Å². The van der Waals surface area contributed by atoms with Crippen LogP contribution in [0.25, 0.3) is 0 Å². The first-order chi connectivity index (χ1) is 6.46. The molecule has 1 fully saturated rings. The van der Waals surface area contributed by atoms with Crippen LogP contribution in [0.1, 0.15) is 0 Å². The number of aliphatic hydroxyl groups excluding tert-OH is 4. The first-order valence-electron chi connectivity index (χ1n) is 4.06. The molecule has 5 N–H and O–H groups in total. The van der Waals surface area contributed by atoms with Crippen LogP contribution in [0.4, 0.5) is 0 Å². The SMILES string of the molecule is CO[C@@]1(O)O[C@H](CO)[C@H](O)[C@H](O)[C@H]1O. The highest BCUT2D eigenvalue weighted by molar-refractivity contribution is 4.91. The Hall–Kier alpha value is -0.280. The lowest BCUT2D eigenvalue weighted by Gasteiger charge is -2.43. The molecule has 7 heteroatoms. The second-order valence-electron chi connectivity index (χ2n) is 3.10. The standard InChI is InChI=1S/C7H14O7/c1-13-7(12)6(11)5(10)4(9)3(2-8)14-7/h3-6,8-12H,2H2,1H3/t3-,4+,5+,6-,7-/m1/s1. The molecule has 0 radical (unpaired) electrons. The smallest absolute Gasteiger partial charge is 0.311 e. The Bertz CT molecular complexity index is 196. The van der Waals surface area contributed by atoms with Crippen molar-refractivity contribution in [2.45, 2.75) is 30.4 Å². The molecule has 0 spiro atoms. The number of aliphatic hydroxyl groups is 5. The molecular weight excluding hydrogens is 196 g/mol. The summed E-state index contributed by atoms with van der Waals surface area (Å²) in [5.74, 6) is -2.41. The molecule has 1 saturated heterocycles. The zero-order chi connectivity index (χ0) is 10.9. The normalized spacial score (nSPS) is 49.3. The van der Waals surface area contributed by atoms with Crippen molar-refractivity contribution in [3.05, 3.63) is 0 Å². The summed E-state index contributed by atoms with van der Waals surface area (Å²) in [7, 11) is 1.06. The van der Waals surface area contributed by atoms with Crippen molar-refractivity contribution in [2.24, 2.45) is 0 Å². The first kappa shape index (κ1) is 11.8. The zero-order valence-electron chi connectivity index (χ0n) is 7.57. The highest BCUT2D eigenvalue weighted by Crippen LogP contribution is 2.28. The van der Waals surface area contributed by atoms with E-state index in [2.05, 4.69) is 4.74 Å². The number of methoxy groups -OCH3 is 1. The van der Waals surface area contributed by atoms with Gasteiger partial charge in [-0.3, -0.25) is 0 Å².